The Morgan fingerprint density at radius 2 is 1.74 bits per heavy atom. The van der Waals surface area contributed by atoms with Crippen LogP contribution in [0, 0.1) is 33.3 Å². The molecule has 23 heteroatoms. The first-order valence-electron chi connectivity index (χ1n) is 29.2. The number of anilines is 2. The molecule has 6 aromatic rings. The van der Waals surface area contributed by atoms with E-state index in [0.29, 0.717) is 67.4 Å². The van der Waals surface area contributed by atoms with E-state index in [-0.39, 0.29) is 71.2 Å². The van der Waals surface area contributed by atoms with Crippen molar-refractivity contribution in [2.24, 2.45) is 11.3 Å². The van der Waals surface area contributed by atoms with Crippen LogP contribution in [-0.2, 0) is 24.4 Å². The number of likely N-dealkylation sites (tertiary alicyclic amines) is 1. The largest absolute Gasteiger partial charge is 0.455 e. The molecule has 0 saturated carbocycles. The molecule has 2 unspecified atom stereocenters. The molecular formula is C64H65ClN10O11S. The van der Waals surface area contributed by atoms with Crippen LogP contribution in [0.15, 0.2) is 114 Å². The van der Waals surface area contributed by atoms with Crippen molar-refractivity contribution in [3.05, 3.63) is 152 Å². The van der Waals surface area contributed by atoms with E-state index in [1.807, 2.05) is 18.2 Å². The number of imide groups is 2. The maximum atomic E-state index is 14.2. The van der Waals surface area contributed by atoms with E-state index in [1.54, 1.807) is 41.4 Å². The molecule has 6 amide bonds. The molecular weight excluding hydrogens is 1150 g/mol. The number of halogens is 1. The van der Waals surface area contributed by atoms with Gasteiger partial charge in [0.1, 0.15) is 28.9 Å². The maximum absolute atomic E-state index is 14.2. The Hall–Kier alpha value is -8.91. The predicted octanol–water partition coefficient (Wildman–Crippen LogP) is 9.10. The number of hydrogen-bond donors (Lipinski definition) is 4. The normalized spacial score (nSPS) is 18.9. The lowest BCUT2D eigenvalue weighted by atomic mass is 9.72. The average molecular weight is 1220 g/mol. The number of nitro benzene ring substituents is 1. The highest BCUT2D eigenvalue weighted by molar-refractivity contribution is 7.90. The third kappa shape index (κ3) is 13.4. The number of H-pyrrole nitrogens is 1. The van der Waals surface area contributed by atoms with Gasteiger partial charge in [0, 0.05) is 112 Å². The monoisotopic (exact) mass is 1220 g/mol. The van der Waals surface area contributed by atoms with Gasteiger partial charge in [0.2, 0.25) is 17.7 Å². The van der Waals surface area contributed by atoms with Gasteiger partial charge in [-0.2, -0.15) is 0 Å². The fourth-order valence-electron chi connectivity index (χ4n) is 12.2. The van der Waals surface area contributed by atoms with E-state index in [9.17, 15) is 47.3 Å². The van der Waals surface area contributed by atoms with Gasteiger partial charge in [-0.1, -0.05) is 61.1 Å². The second-order valence-corrected chi connectivity index (χ2v) is 25.6. The number of piperazine rings is 1. The Kier molecular flexibility index (Phi) is 17.3. The van der Waals surface area contributed by atoms with Crippen LogP contribution < -0.4 is 25.0 Å². The Bertz CT molecular complexity index is 3980. The van der Waals surface area contributed by atoms with Gasteiger partial charge in [-0.15, -0.1) is 0 Å². The molecule has 6 heterocycles. The fourth-order valence-corrected chi connectivity index (χ4v) is 13.3. The third-order valence-corrected chi connectivity index (χ3v) is 18.5. The number of ether oxygens (including phenoxy) is 1. The van der Waals surface area contributed by atoms with Crippen LogP contribution in [0.4, 0.5) is 17.1 Å². The molecule has 4 aromatic carbocycles. The van der Waals surface area contributed by atoms with Gasteiger partial charge in [-0.05, 0) is 128 Å². The summed E-state index contributed by atoms with van der Waals surface area (Å²) >= 11 is 6.27. The topological polar surface area (TPSA) is 267 Å². The number of pyridine rings is 1. The van der Waals surface area contributed by atoms with Crippen LogP contribution in [0.5, 0.6) is 11.5 Å². The van der Waals surface area contributed by atoms with Crippen LogP contribution in [0.2, 0.25) is 5.02 Å². The van der Waals surface area contributed by atoms with Crippen LogP contribution in [0.3, 0.4) is 0 Å². The molecule has 4 aliphatic heterocycles. The summed E-state index contributed by atoms with van der Waals surface area (Å²) < 4.78 is 36.5. The molecule has 0 radical (unpaired) electrons. The van der Waals surface area contributed by atoms with Crippen LogP contribution in [-0.4, -0.2) is 132 Å². The average Bonchev–Trinajstić information content (AvgIpc) is 2.13. The number of hydrogen-bond acceptors (Lipinski definition) is 15. The molecule has 21 nitrogen and oxygen atoms in total. The lowest BCUT2D eigenvalue weighted by molar-refractivity contribution is -0.384. The minimum absolute atomic E-state index is 0.00169. The summed E-state index contributed by atoms with van der Waals surface area (Å²) in [6, 6.07) is 23.6. The Balaban J connectivity index is 0.707. The van der Waals surface area contributed by atoms with Crippen molar-refractivity contribution < 1.29 is 46.8 Å². The van der Waals surface area contributed by atoms with Crippen molar-refractivity contribution in [2.75, 3.05) is 62.6 Å². The van der Waals surface area contributed by atoms with E-state index in [4.69, 9.17) is 16.3 Å². The second kappa shape index (κ2) is 25.2. The molecule has 87 heavy (non-hydrogen) atoms. The number of aromatic amines is 1. The summed E-state index contributed by atoms with van der Waals surface area (Å²) in [5, 5.41) is 19.3. The van der Waals surface area contributed by atoms with E-state index in [2.05, 4.69) is 72.9 Å². The highest BCUT2D eigenvalue weighted by Gasteiger charge is 2.45. The molecule has 5 aliphatic rings. The summed E-state index contributed by atoms with van der Waals surface area (Å²) in [6.45, 7) is 9.56. The number of piperidine rings is 2. The molecule has 1 aliphatic carbocycles. The molecule has 2 atom stereocenters. The number of carbonyl (C=O) groups is 6. The van der Waals surface area contributed by atoms with Gasteiger partial charge in [0.05, 0.1) is 32.7 Å². The first kappa shape index (κ1) is 59.8. The number of allylic oxidation sites excluding steroid dienone is 1. The first-order chi connectivity index (χ1) is 41.8. The highest BCUT2D eigenvalue weighted by atomic mass is 35.5. The van der Waals surface area contributed by atoms with Crippen LogP contribution >= 0.6 is 11.6 Å². The summed E-state index contributed by atoms with van der Waals surface area (Å²) in [7, 11) is -4.69. The zero-order valence-electron chi connectivity index (χ0n) is 48.2. The third-order valence-electron chi connectivity index (χ3n) is 16.9. The van der Waals surface area contributed by atoms with Crippen LogP contribution in [0.25, 0.3) is 16.6 Å². The number of unbranched alkanes of at least 4 members (excludes halogenated alkanes) is 1. The van der Waals surface area contributed by atoms with E-state index < -0.39 is 61.1 Å². The molecule has 3 fully saturated rings. The quantitative estimate of drug-likeness (QED) is 0.0218. The van der Waals surface area contributed by atoms with Gasteiger partial charge in [0.15, 0.2) is 0 Å². The number of nitrogens with zero attached hydrogens (tertiary/aromatic N) is 6. The number of nitro groups is 1. The van der Waals surface area contributed by atoms with Crippen LogP contribution in [0.1, 0.15) is 120 Å². The molecule has 4 N–H and O–H groups in total. The van der Waals surface area contributed by atoms with Crippen molar-refractivity contribution in [1.82, 2.24) is 34.7 Å². The molecule has 2 aromatic heterocycles. The second-order valence-electron chi connectivity index (χ2n) is 23.5. The fraction of sp³-hybridized carbons (Fsp3) is 0.359. The smallest absolute Gasteiger partial charge is 0.293 e. The van der Waals surface area contributed by atoms with Gasteiger partial charge in [-0.3, -0.25) is 54.0 Å². The Morgan fingerprint density at radius 1 is 0.931 bits per heavy atom. The summed E-state index contributed by atoms with van der Waals surface area (Å²) in [5.41, 5.74) is 5.60. The van der Waals surface area contributed by atoms with E-state index in [1.165, 1.54) is 47.2 Å². The first-order valence-corrected chi connectivity index (χ1v) is 31.0. The molecule has 11 rings (SSSR count). The lowest BCUT2D eigenvalue weighted by Gasteiger charge is -2.39. The zero-order chi connectivity index (χ0) is 61.1. The van der Waals surface area contributed by atoms with Gasteiger partial charge >= 0.3 is 0 Å². The molecule has 3 saturated heterocycles. The Morgan fingerprint density at radius 3 is 2.52 bits per heavy atom. The number of rotatable bonds is 17. The van der Waals surface area contributed by atoms with Gasteiger partial charge in [-0.25, -0.2) is 18.1 Å². The van der Waals surface area contributed by atoms with Gasteiger partial charge < -0.3 is 24.8 Å². The van der Waals surface area contributed by atoms with E-state index in [0.717, 1.165) is 67.4 Å². The number of fused-ring (bicyclic) bond motifs is 2. The van der Waals surface area contributed by atoms with Crippen molar-refractivity contribution >= 4 is 90.7 Å². The minimum Gasteiger partial charge on any atom is -0.455 e. The van der Waals surface area contributed by atoms with E-state index >= 15 is 0 Å². The van der Waals surface area contributed by atoms with Crippen molar-refractivity contribution in [3.63, 3.8) is 0 Å². The minimum atomic E-state index is -4.69. The SMILES string of the molecule is CC1(C)CCC(CN2CCN(c3ccc(C(=O)NS(=O)(=O)c4ccc(NCC5CCCN(C(=O)CCCC#Cc6cccc7c6C(=O)N(C6CCC(=O)NC6=O)C7=O)C5)c([N+](=O)[O-])c4)c(Oc4cnc5[nH]ccc5c4)c3)CC2)=C(c2ccc(Cl)cc2)C1. The standard InChI is InChI=1S/C64H65ClN10O11S/c1-64(2)25-23-44(51(35-64)41-13-15-45(65)16-14-41)39-71-28-30-72(31-29-71)46-17-19-49(55(33-46)86-47-32-43-24-26-66-59(43)68-37-47)60(78)70-87(84,85)48-18-20-52(54(34-48)75(82)83)67-36-40-8-7-27-73(38-40)57(77)12-5-3-4-9-42-10-6-11-50-58(42)63(81)74(62(50)80)53-21-22-56(76)69-61(53)79/h6,10-11,13-20,24,26,32-34,37,40,53,67H,3,5,7-8,12,21-23,25,27-31,35-36,38-39H2,1-2H3,(H,66,68)(H,70,78)(H,69,76,79). The maximum Gasteiger partial charge on any atom is 0.293 e. The summed E-state index contributed by atoms with van der Waals surface area (Å²) in [4.78, 5) is 105. The number of amides is 6. The number of nitrogens with one attached hydrogen (secondary N) is 4. The summed E-state index contributed by atoms with van der Waals surface area (Å²) in [5.74, 6) is 2.70. The number of aromatic nitrogens is 2. The number of sulfonamides is 1. The van der Waals surface area contributed by atoms with Crippen molar-refractivity contribution in [1.29, 1.82) is 0 Å². The number of benzene rings is 4. The highest BCUT2D eigenvalue weighted by Crippen LogP contribution is 2.44. The number of carbonyl (C=O) groups excluding carboxylic acids is 6. The van der Waals surface area contributed by atoms with Crippen molar-refractivity contribution in [2.45, 2.75) is 89.0 Å². The lowest BCUT2D eigenvalue weighted by Crippen LogP contribution is -2.54. The zero-order valence-corrected chi connectivity index (χ0v) is 49.7. The molecule has 0 bridgehead atoms. The predicted molar refractivity (Wildman–Crippen MR) is 327 cm³/mol. The molecule has 0 spiro atoms. The summed E-state index contributed by atoms with van der Waals surface area (Å²) in [6.07, 6.45) is 8.70. The molecule has 450 valence electrons. The Labute approximate surface area is 508 Å². The van der Waals surface area contributed by atoms with Gasteiger partial charge in [0.25, 0.3) is 33.4 Å². The van der Waals surface area contributed by atoms with Crippen molar-refractivity contribution in [3.8, 4) is 23.3 Å².